The van der Waals surface area contributed by atoms with Gasteiger partial charge in [-0.25, -0.2) is 4.98 Å². The lowest BCUT2D eigenvalue weighted by Crippen LogP contribution is -2.31. The van der Waals surface area contributed by atoms with E-state index in [2.05, 4.69) is 25.8 Å². The number of carbonyl (C=O) groups is 2. The van der Waals surface area contributed by atoms with Crippen molar-refractivity contribution in [3.05, 3.63) is 95.8 Å². The third kappa shape index (κ3) is 9.63. The number of nitrogens with two attached hydrogens (primary N) is 1. The number of nitrogens with one attached hydrogen (secondary N) is 3. The molecule has 3 aromatic carbocycles. The van der Waals surface area contributed by atoms with Gasteiger partial charge in [-0.2, -0.15) is 5.10 Å². The Morgan fingerprint density at radius 2 is 1.62 bits per heavy atom. The SMILES string of the molecule is Nc1ccccc1NC(=O)CCCCCC(=O)Nc1ccc([C@@H]2O[C@H](CSc3ncn[nH]3)C[C@H](c3ccc(CO)cc3)O2)cc1. The molecule has 6 N–H and O–H groups in total. The van der Waals surface area contributed by atoms with Crippen LogP contribution in [0.25, 0.3) is 0 Å². The average molecular weight is 631 g/mol. The number of aromatic nitrogens is 3. The van der Waals surface area contributed by atoms with Crippen LogP contribution in [0.4, 0.5) is 17.1 Å². The van der Waals surface area contributed by atoms with Crippen molar-refractivity contribution in [1.29, 1.82) is 0 Å². The average Bonchev–Trinajstić information content (AvgIpc) is 3.59. The minimum Gasteiger partial charge on any atom is -0.397 e. The van der Waals surface area contributed by atoms with Crippen molar-refractivity contribution in [3.8, 4) is 0 Å². The van der Waals surface area contributed by atoms with Crippen molar-refractivity contribution in [3.63, 3.8) is 0 Å². The highest BCUT2D eigenvalue weighted by Gasteiger charge is 2.32. The predicted octanol–water partition coefficient (Wildman–Crippen LogP) is 5.74. The van der Waals surface area contributed by atoms with Gasteiger partial charge < -0.3 is 30.9 Å². The maximum absolute atomic E-state index is 12.5. The van der Waals surface area contributed by atoms with Gasteiger partial charge in [0.15, 0.2) is 11.4 Å². The topological polar surface area (TPSA) is 164 Å². The van der Waals surface area contributed by atoms with Gasteiger partial charge in [-0.15, -0.1) is 0 Å². The maximum atomic E-state index is 12.5. The van der Waals surface area contributed by atoms with Crippen LogP contribution >= 0.6 is 11.8 Å². The van der Waals surface area contributed by atoms with Gasteiger partial charge in [0.05, 0.1) is 30.2 Å². The summed E-state index contributed by atoms with van der Waals surface area (Å²) in [4.78, 5) is 28.9. The molecular weight excluding hydrogens is 592 g/mol. The van der Waals surface area contributed by atoms with Crippen LogP contribution < -0.4 is 16.4 Å². The van der Waals surface area contributed by atoms with E-state index in [-0.39, 0.29) is 30.6 Å². The second-order valence-corrected chi connectivity index (χ2v) is 11.8. The Kier molecular flexibility index (Phi) is 11.6. The minimum atomic E-state index is -0.595. The number of aliphatic hydroxyl groups is 1. The van der Waals surface area contributed by atoms with Gasteiger partial charge in [0, 0.05) is 36.3 Å². The fourth-order valence-corrected chi connectivity index (χ4v) is 5.77. The molecule has 0 spiro atoms. The number of benzene rings is 3. The van der Waals surface area contributed by atoms with E-state index < -0.39 is 6.29 Å². The van der Waals surface area contributed by atoms with Crippen LogP contribution in [0, 0.1) is 0 Å². The molecule has 5 rings (SSSR count). The number of aliphatic hydroxyl groups excluding tert-OH is 1. The van der Waals surface area contributed by atoms with E-state index in [9.17, 15) is 14.7 Å². The fourth-order valence-electron chi connectivity index (χ4n) is 4.98. The summed E-state index contributed by atoms with van der Waals surface area (Å²) in [6.07, 6.45) is 4.12. The molecule has 1 aromatic heterocycles. The number of hydrogen-bond donors (Lipinski definition) is 5. The molecule has 0 bridgehead atoms. The zero-order chi connectivity index (χ0) is 31.4. The summed E-state index contributed by atoms with van der Waals surface area (Å²) in [5.41, 5.74) is 10.4. The lowest BCUT2D eigenvalue weighted by molar-refractivity contribution is -0.245. The first-order valence-corrected chi connectivity index (χ1v) is 16.0. The molecule has 0 aliphatic carbocycles. The van der Waals surface area contributed by atoms with Gasteiger partial charge in [0.2, 0.25) is 11.8 Å². The zero-order valence-electron chi connectivity index (χ0n) is 24.9. The summed E-state index contributed by atoms with van der Waals surface area (Å²) in [6.45, 7) is -0.0128. The van der Waals surface area contributed by atoms with E-state index in [1.807, 2.05) is 60.7 Å². The number of para-hydroxylation sites is 2. The highest BCUT2D eigenvalue weighted by atomic mass is 32.2. The first-order chi connectivity index (χ1) is 22.0. The number of H-pyrrole nitrogens is 1. The number of hydrogen-bond acceptors (Lipinski definition) is 9. The standard InChI is InChI=1S/C33H38N6O5S/c34-27-6-4-5-7-28(27)38-31(42)9-3-1-2-8-30(41)37-25-16-14-24(15-17-25)32-43-26(20-45-33-35-21-36-39-33)18-29(44-32)23-12-10-22(19-40)11-13-23/h4-7,10-17,21,26,29,32,40H,1-3,8-9,18-20,34H2,(H,37,41)(H,38,42)(H,35,36,39)/t26-,29+,32+/m0/s1. The molecule has 11 nitrogen and oxygen atoms in total. The van der Waals surface area contributed by atoms with Crippen LogP contribution in [0.2, 0.25) is 0 Å². The van der Waals surface area contributed by atoms with Crippen molar-refractivity contribution in [1.82, 2.24) is 15.2 Å². The van der Waals surface area contributed by atoms with Crippen LogP contribution in [-0.2, 0) is 25.7 Å². The molecule has 1 aliphatic heterocycles. The third-order valence-electron chi connectivity index (χ3n) is 7.42. The Morgan fingerprint density at radius 3 is 2.31 bits per heavy atom. The first kappa shape index (κ1) is 32.2. The van der Waals surface area contributed by atoms with Crippen molar-refractivity contribution >= 4 is 40.6 Å². The number of carbonyl (C=O) groups excluding carboxylic acids is 2. The molecule has 0 radical (unpaired) electrons. The Balaban J connectivity index is 1.10. The monoisotopic (exact) mass is 630 g/mol. The van der Waals surface area contributed by atoms with Crippen LogP contribution in [0.5, 0.6) is 0 Å². The Morgan fingerprint density at radius 1 is 0.911 bits per heavy atom. The van der Waals surface area contributed by atoms with Gasteiger partial charge in [-0.05, 0) is 48.2 Å². The lowest BCUT2D eigenvalue weighted by Gasteiger charge is -2.36. The molecule has 236 valence electrons. The summed E-state index contributed by atoms with van der Waals surface area (Å²) in [5, 5.41) is 22.7. The predicted molar refractivity (Wildman–Crippen MR) is 173 cm³/mol. The zero-order valence-corrected chi connectivity index (χ0v) is 25.7. The van der Waals surface area contributed by atoms with E-state index in [1.54, 1.807) is 23.9 Å². The Labute approximate surface area is 266 Å². The highest BCUT2D eigenvalue weighted by Crippen LogP contribution is 2.39. The van der Waals surface area contributed by atoms with E-state index in [0.717, 1.165) is 28.3 Å². The van der Waals surface area contributed by atoms with Gasteiger partial charge in [0.1, 0.15) is 6.33 Å². The Bertz CT molecular complexity index is 1520. The molecule has 1 aliphatic rings. The molecule has 2 amide bonds. The molecule has 1 fully saturated rings. The molecule has 0 saturated carbocycles. The number of nitrogen functional groups attached to an aromatic ring is 1. The van der Waals surface area contributed by atoms with Crippen molar-refractivity contribution < 1.29 is 24.2 Å². The number of amides is 2. The normalized spacial score (nSPS) is 17.9. The number of nitrogens with zero attached hydrogens (tertiary/aromatic N) is 2. The van der Waals surface area contributed by atoms with Gasteiger partial charge >= 0.3 is 0 Å². The second kappa shape index (κ2) is 16.2. The summed E-state index contributed by atoms with van der Waals surface area (Å²) >= 11 is 1.54. The van der Waals surface area contributed by atoms with Crippen LogP contribution in [0.15, 0.2) is 84.3 Å². The summed E-state index contributed by atoms with van der Waals surface area (Å²) in [7, 11) is 0. The highest BCUT2D eigenvalue weighted by molar-refractivity contribution is 7.99. The minimum absolute atomic E-state index is 0.0128. The van der Waals surface area contributed by atoms with E-state index >= 15 is 0 Å². The summed E-state index contributed by atoms with van der Waals surface area (Å²) in [6, 6.07) is 22.4. The number of ether oxygens (including phenoxy) is 2. The molecule has 4 aromatic rings. The molecule has 2 heterocycles. The van der Waals surface area contributed by atoms with Crippen molar-refractivity contribution in [2.75, 3.05) is 22.1 Å². The van der Waals surface area contributed by atoms with E-state index in [1.165, 1.54) is 6.33 Å². The van der Waals surface area contributed by atoms with Gasteiger partial charge in [-0.3, -0.25) is 14.7 Å². The molecule has 1 saturated heterocycles. The van der Waals surface area contributed by atoms with Crippen LogP contribution in [0.3, 0.4) is 0 Å². The Hall–Kier alpha value is -4.23. The molecule has 3 atom stereocenters. The smallest absolute Gasteiger partial charge is 0.224 e. The number of aromatic amines is 1. The number of rotatable bonds is 14. The van der Waals surface area contributed by atoms with E-state index in [0.29, 0.717) is 54.9 Å². The molecular formula is C33H38N6O5S. The van der Waals surface area contributed by atoms with Gasteiger partial charge in [-0.1, -0.05) is 66.7 Å². The quantitative estimate of drug-likeness (QED) is 0.0663. The van der Waals surface area contributed by atoms with Gasteiger partial charge in [0.25, 0.3) is 0 Å². The van der Waals surface area contributed by atoms with Crippen molar-refractivity contribution in [2.45, 2.75) is 68.8 Å². The van der Waals surface area contributed by atoms with Crippen LogP contribution in [0.1, 0.15) is 67.6 Å². The molecule has 12 heteroatoms. The number of unbranched alkanes of at least 4 members (excludes halogenated alkanes) is 2. The van der Waals surface area contributed by atoms with Crippen molar-refractivity contribution in [2.24, 2.45) is 0 Å². The second-order valence-electron chi connectivity index (χ2n) is 10.8. The first-order valence-electron chi connectivity index (χ1n) is 15.0. The maximum Gasteiger partial charge on any atom is 0.224 e. The molecule has 45 heavy (non-hydrogen) atoms. The third-order valence-corrected chi connectivity index (χ3v) is 8.43. The fraction of sp³-hybridized carbons (Fsp3) is 0.333. The van der Waals surface area contributed by atoms with E-state index in [4.69, 9.17) is 15.2 Å². The molecule has 0 unspecified atom stereocenters. The number of anilines is 3. The largest absolute Gasteiger partial charge is 0.397 e. The number of thioether (sulfide) groups is 1. The summed E-state index contributed by atoms with van der Waals surface area (Å²) in [5.74, 6) is 0.500. The lowest BCUT2D eigenvalue weighted by atomic mass is 10.0. The summed E-state index contributed by atoms with van der Waals surface area (Å²) < 4.78 is 12.8. The van der Waals surface area contributed by atoms with Crippen LogP contribution in [-0.4, -0.2) is 44.0 Å².